The molecule has 0 aromatic rings. The van der Waals surface area contributed by atoms with E-state index in [2.05, 4.69) is 19.2 Å². The molecule has 1 N–H and O–H groups in total. The van der Waals surface area contributed by atoms with E-state index < -0.39 is 6.30 Å². The molecule has 84 valence electrons. The zero-order valence-electron chi connectivity index (χ0n) is 9.13. The number of ether oxygens (including phenoxy) is 1. The van der Waals surface area contributed by atoms with Gasteiger partial charge in [0.25, 0.3) is 0 Å². The number of hydrogen-bond donors (Lipinski definition) is 1. The van der Waals surface area contributed by atoms with E-state index in [0.29, 0.717) is 18.4 Å². The van der Waals surface area contributed by atoms with Crippen LogP contribution in [0.5, 0.6) is 0 Å². The monoisotopic (exact) mass is 221 g/mol. The highest BCUT2D eigenvalue weighted by Crippen LogP contribution is 2.19. The molecule has 3 atom stereocenters. The summed E-state index contributed by atoms with van der Waals surface area (Å²) in [6.07, 6.45) is 0.982. The zero-order valence-corrected chi connectivity index (χ0v) is 9.94. The first-order chi connectivity index (χ1) is 6.65. The number of hydrogen-bond acceptors (Lipinski definition) is 3. The Hall–Kier alpha value is 0.200. The topological polar surface area (TPSA) is 21.3 Å². The van der Waals surface area contributed by atoms with E-state index in [-0.39, 0.29) is 5.25 Å². The Morgan fingerprint density at radius 1 is 1.43 bits per heavy atom. The molecule has 1 aliphatic rings. The van der Waals surface area contributed by atoms with E-state index >= 15 is 0 Å². The van der Waals surface area contributed by atoms with Crippen LogP contribution in [0.4, 0.5) is 4.39 Å². The molecule has 1 saturated heterocycles. The van der Waals surface area contributed by atoms with Gasteiger partial charge in [0.1, 0.15) is 0 Å². The van der Waals surface area contributed by atoms with E-state index in [4.69, 9.17) is 4.74 Å². The van der Waals surface area contributed by atoms with Gasteiger partial charge in [-0.3, -0.25) is 5.32 Å². The summed E-state index contributed by atoms with van der Waals surface area (Å²) in [5, 5.41) is 2.88. The average molecular weight is 221 g/mol. The summed E-state index contributed by atoms with van der Waals surface area (Å²) in [5.41, 5.74) is 0. The molecule has 3 unspecified atom stereocenters. The molecule has 14 heavy (non-hydrogen) atoms. The second-order valence-corrected chi connectivity index (χ2v) is 5.20. The zero-order chi connectivity index (χ0) is 10.6. The Labute approximate surface area is 90.0 Å². The van der Waals surface area contributed by atoms with Gasteiger partial charge in [-0.25, -0.2) is 4.39 Å². The normalized spacial score (nSPS) is 35.4. The van der Waals surface area contributed by atoms with Gasteiger partial charge in [-0.1, -0.05) is 13.8 Å². The average Bonchev–Trinajstić information content (AvgIpc) is 2.12. The predicted molar refractivity (Wildman–Crippen MR) is 59.3 cm³/mol. The second-order valence-electron chi connectivity index (χ2n) is 4.13. The van der Waals surface area contributed by atoms with Gasteiger partial charge >= 0.3 is 0 Å². The van der Waals surface area contributed by atoms with E-state index in [0.717, 1.165) is 13.2 Å². The van der Waals surface area contributed by atoms with Crippen molar-refractivity contribution in [2.75, 3.05) is 26.0 Å². The van der Waals surface area contributed by atoms with Crippen LogP contribution < -0.4 is 5.32 Å². The van der Waals surface area contributed by atoms with Gasteiger partial charge in [-0.15, -0.1) is 0 Å². The lowest BCUT2D eigenvalue weighted by atomic mass is 9.96. The number of rotatable bonds is 2. The molecule has 0 spiro atoms. The first kappa shape index (κ1) is 12.3. The molecule has 0 bridgehead atoms. The standard InChI is InChI=1S/C10H20FNOS/c1-7(2)8-4-12-10(11)9(14-3)6-13-5-8/h7-10,12H,4-6H2,1-3H3. The van der Waals surface area contributed by atoms with E-state index in [1.54, 1.807) is 0 Å². The van der Waals surface area contributed by atoms with Crippen LogP contribution in [0.15, 0.2) is 0 Å². The molecule has 1 rings (SSSR count). The maximum atomic E-state index is 13.5. The summed E-state index contributed by atoms with van der Waals surface area (Å²) in [5.74, 6) is 0.969. The van der Waals surface area contributed by atoms with E-state index in [9.17, 15) is 4.39 Å². The Kier molecular flexibility index (Phi) is 5.20. The molecule has 0 amide bonds. The van der Waals surface area contributed by atoms with Gasteiger partial charge in [0.05, 0.1) is 18.5 Å². The Balaban J connectivity index is 2.44. The fourth-order valence-electron chi connectivity index (χ4n) is 1.49. The van der Waals surface area contributed by atoms with E-state index in [1.165, 1.54) is 11.8 Å². The fourth-order valence-corrected chi connectivity index (χ4v) is 2.06. The summed E-state index contributed by atoms with van der Waals surface area (Å²) in [4.78, 5) is 0. The number of halogens is 1. The molecule has 0 aromatic carbocycles. The lowest BCUT2D eigenvalue weighted by Crippen LogP contribution is -2.44. The maximum Gasteiger partial charge on any atom is 0.165 e. The highest BCUT2D eigenvalue weighted by Gasteiger charge is 2.25. The fraction of sp³-hybridized carbons (Fsp3) is 1.00. The summed E-state index contributed by atoms with van der Waals surface area (Å²) in [6, 6.07) is 0. The van der Waals surface area contributed by atoms with Crippen LogP contribution in [0.2, 0.25) is 0 Å². The highest BCUT2D eigenvalue weighted by atomic mass is 32.2. The van der Waals surface area contributed by atoms with Gasteiger partial charge in [-0.2, -0.15) is 11.8 Å². The minimum Gasteiger partial charge on any atom is -0.380 e. The minimum absolute atomic E-state index is 0.0666. The number of thioether (sulfide) groups is 1. The van der Waals surface area contributed by atoms with Crippen LogP contribution in [-0.2, 0) is 4.74 Å². The SMILES string of the molecule is CSC1COCC(C(C)C)CNC1F. The predicted octanol–water partition coefficient (Wildman–Crippen LogP) is 1.91. The third kappa shape index (κ3) is 3.41. The molecule has 2 nitrogen and oxygen atoms in total. The van der Waals surface area contributed by atoms with Gasteiger partial charge in [0.2, 0.25) is 0 Å². The van der Waals surface area contributed by atoms with Crippen LogP contribution in [0.25, 0.3) is 0 Å². The van der Waals surface area contributed by atoms with Crippen molar-refractivity contribution in [1.82, 2.24) is 5.32 Å². The van der Waals surface area contributed by atoms with Crippen LogP contribution in [0.1, 0.15) is 13.8 Å². The third-order valence-corrected chi connectivity index (χ3v) is 3.74. The molecule has 1 heterocycles. The summed E-state index contributed by atoms with van der Waals surface area (Å²) in [6.45, 7) is 6.27. The first-order valence-electron chi connectivity index (χ1n) is 5.13. The molecule has 0 radical (unpaired) electrons. The Morgan fingerprint density at radius 2 is 2.14 bits per heavy atom. The molecule has 0 aromatic heterocycles. The summed E-state index contributed by atoms with van der Waals surface area (Å²) in [7, 11) is 0. The van der Waals surface area contributed by atoms with Crippen molar-refractivity contribution >= 4 is 11.8 Å². The highest BCUT2D eigenvalue weighted by molar-refractivity contribution is 7.99. The Bertz CT molecular complexity index is 168. The van der Waals surface area contributed by atoms with Crippen molar-refractivity contribution in [3.05, 3.63) is 0 Å². The molecule has 4 heteroatoms. The number of alkyl halides is 1. The molecule has 0 aliphatic carbocycles. The smallest absolute Gasteiger partial charge is 0.165 e. The lowest BCUT2D eigenvalue weighted by Gasteiger charge is -2.29. The molecule has 1 fully saturated rings. The minimum atomic E-state index is -0.938. The maximum absolute atomic E-state index is 13.5. The van der Waals surface area contributed by atoms with Crippen molar-refractivity contribution in [1.29, 1.82) is 0 Å². The van der Waals surface area contributed by atoms with Crippen LogP contribution in [0.3, 0.4) is 0 Å². The summed E-state index contributed by atoms with van der Waals surface area (Å²) < 4.78 is 19.0. The lowest BCUT2D eigenvalue weighted by molar-refractivity contribution is 0.0454. The van der Waals surface area contributed by atoms with Crippen molar-refractivity contribution in [3.8, 4) is 0 Å². The van der Waals surface area contributed by atoms with Gasteiger partial charge < -0.3 is 4.74 Å². The van der Waals surface area contributed by atoms with Crippen molar-refractivity contribution in [2.45, 2.75) is 25.4 Å². The van der Waals surface area contributed by atoms with Gasteiger partial charge in [0, 0.05) is 6.54 Å². The van der Waals surface area contributed by atoms with E-state index in [1.807, 2.05) is 6.26 Å². The van der Waals surface area contributed by atoms with Crippen LogP contribution in [0, 0.1) is 11.8 Å². The largest absolute Gasteiger partial charge is 0.380 e. The first-order valence-corrected chi connectivity index (χ1v) is 6.42. The summed E-state index contributed by atoms with van der Waals surface area (Å²) >= 11 is 1.52. The number of nitrogens with one attached hydrogen (secondary N) is 1. The van der Waals surface area contributed by atoms with Crippen LogP contribution in [-0.4, -0.2) is 37.6 Å². The quantitative estimate of drug-likeness (QED) is 0.720. The van der Waals surface area contributed by atoms with Gasteiger partial charge in [0.15, 0.2) is 6.30 Å². The van der Waals surface area contributed by atoms with Crippen molar-refractivity contribution in [2.24, 2.45) is 11.8 Å². The van der Waals surface area contributed by atoms with Gasteiger partial charge in [-0.05, 0) is 18.1 Å². The van der Waals surface area contributed by atoms with Crippen molar-refractivity contribution < 1.29 is 9.13 Å². The van der Waals surface area contributed by atoms with Crippen LogP contribution >= 0.6 is 11.8 Å². The van der Waals surface area contributed by atoms with Crippen molar-refractivity contribution in [3.63, 3.8) is 0 Å². The Morgan fingerprint density at radius 3 is 2.71 bits per heavy atom. The third-order valence-electron chi connectivity index (χ3n) is 2.76. The molecular formula is C10H20FNOS. The molecule has 1 aliphatic heterocycles. The second kappa shape index (κ2) is 5.93. The molecular weight excluding hydrogens is 201 g/mol. The molecule has 0 saturated carbocycles.